The maximum Gasteiger partial charge on any atom is 0.219 e. The minimum Gasteiger partial charge on any atom is -0.356 e. The van der Waals surface area contributed by atoms with E-state index in [9.17, 15) is 4.79 Å². The molecule has 16 heavy (non-hydrogen) atoms. The van der Waals surface area contributed by atoms with Gasteiger partial charge in [-0.25, -0.2) is 0 Å². The van der Waals surface area contributed by atoms with E-state index >= 15 is 0 Å². The SMILES string of the molecule is CCC(=O)NC[C@H]1CCCN2CCCC[C@H]12. The van der Waals surface area contributed by atoms with Crippen LogP contribution in [0.4, 0.5) is 0 Å². The van der Waals surface area contributed by atoms with E-state index in [1.807, 2.05) is 6.92 Å². The Morgan fingerprint density at radius 2 is 2.06 bits per heavy atom. The molecule has 0 bridgehead atoms. The van der Waals surface area contributed by atoms with Crippen molar-refractivity contribution in [3.05, 3.63) is 0 Å². The Labute approximate surface area is 98.6 Å². The Kier molecular flexibility index (Phi) is 4.22. The van der Waals surface area contributed by atoms with Gasteiger partial charge in [-0.05, 0) is 44.7 Å². The first-order valence-corrected chi connectivity index (χ1v) is 6.82. The van der Waals surface area contributed by atoms with E-state index in [1.165, 1.54) is 45.2 Å². The Morgan fingerprint density at radius 1 is 1.25 bits per heavy atom. The molecule has 2 heterocycles. The summed E-state index contributed by atoms with van der Waals surface area (Å²) in [4.78, 5) is 13.9. The highest BCUT2D eigenvalue weighted by atomic mass is 16.1. The molecule has 0 radical (unpaired) electrons. The number of fused-ring (bicyclic) bond motifs is 1. The highest BCUT2D eigenvalue weighted by Gasteiger charge is 2.32. The van der Waals surface area contributed by atoms with Crippen LogP contribution in [-0.2, 0) is 4.79 Å². The van der Waals surface area contributed by atoms with E-state index in [2.05, 4.69) is 10.2 Å². The van der Waals surface area contributed by atoms with Gasteiger partial charge in [-0.2, -0.15) is 0 Å². The summed E-state index contributed by atoms with van der Waals surface area (Å²) in [6, 6.07) is 0.750. The molecule has 2 aliphatic heterocycles. The second-order valence-electron chi connectivity index (χ2n) is 5.16. The van der Waals surface area contributed by atoms with Crippen molar-refractivity contribution in [2.24, 2.45) is 5.92 Å². The molecule has 0 unspecified atom stereocenters. The van der Waals surface area contributed by atoms with Crippen molar-refractivity contribution >= 4 is 5.91 Å². The number of hydrogen-bond donors (Lipinski definition) is 1. The number of nitrogens with zero attached hydrogens (tertiary/aromatic N) is 1. The van der Waals surface area contributed by atoms with Crippen molar-refractivity contribution < 1.29 is 4.79 Å². The number of rotatable bonds is 3. The van der Waals surface area contributed by atoms with Crippen molar-refractivity contribution in [3.63, 3.8) is 0 Å². The molecule has 3 heteroatoms. The average molecular weight is 224 g/mol. The predicted molar refractivity (Wildman–Crippen MR) is 65.2 cm³/mol. The van der Waals surface area contributed by atoms with Crippen LogP contribution >= 0.6 is 0 Å². The normalized spacial score (nSPS) is 30.8. The zero-order chi connectivity index (χ0) is 11.4. The number of carbonyl (C=O) groups is 1. The van der Waals surface area contributed by atoms with Crippen LogP contribution in [0.15, 0.2) is 0 Å². The molecule has 0 spiro atoms. The Bertz CT molecular complexity index is 240. The fourth-order valence-electron chi connectivity index (χ4n) is 3.19. The lowest BCUT2D eigenvalue weighted by Crippen LogP contribution is -2.50. The van der Waals surface area contributed by atoms with Gasteiger partial charge in [0, 0.05) is 19.0 Å². The maximum absolute atomic E-state index is 11.3. The molecule has 2 aliphatic rings. The van der Waals surface area contributed by atoms with Crippen LogP contribution in [0.3, 0.4) is 0 Å². The van der Waals surface area contributed by atoms with Crippen LogP contribution in [0.1, 0.15) is 45.4 Å². The van der Waals surface area contributed by atoms with E-state index < -0.39 is 0 Å². The van der Waals surface area contributed by atoms with E-state index in [0.29, 0.717) is 12.3 Å². The summed E-state index contributed by atoms with van der Waals surface area (Å²) in [5.74, 6) is 0.900. The van der Waals surface area contributed by atoms with Gasteiger partial charge in [0.15, 0.2) is 0 Å². The molecule has 2 saturated heterocycles. The molecule has 0 aliphatic carbocycles. The highest BCUT2D eigenvalue weighted by molar-refractivity contribution is 5.75. The molecule has 1 amide bonds. The highest BCUT2D eigenvalue weighted by Crippen LogP contribution is 2.30. The molecule has 92 valence electrons. The molecule has 0 aromatic carbocycles. The van der Waals surface area contributed by atoms with Crippen LogP contribution in [0.25, 0.3) is 0 Å². The summed E-state index contributed by atoms with van der Waals surface area (Å²) in [6.07, 6.45) is 7.30. The first-order valence-electron chi connectivity index (χ1n) is 6.82. The summed E-state index contributed by atoms with van der Waals surface area (Å²) < 4.78 is 0. The lowest BCUT2D eigenvalue weighted by Gasteiger charge is -2.44. The number of hydrogen-bond acceptors (Lipinski definition) is 2. The molecule has 2 rings (SSSR count). The molecule has 0 aromatic heterocycles. The van der Waals surface area contributed by atoms with E-state index in [1.54, 1.807) is 0 Å². The summed E-state index contributed by atoms with van der Waals surface area (Å²) in [7, 11) is 0. The van der Waals surface area contributed by atoms with Crippen LogP contribution in [0, 0.1) is 5.92 Å². The van der Waals surface area contributed by atoms with Crippen LogP contribution in [0.5, 0.6) is 0 Å². The Hall–Kier alpha value is -0.570. The lowest BCUT2D eigenvalue weighted by molar-refractivity contribution is -0.121. The topological polar surface area (TPSA) is 32.3 Å². The van der Waals surface area contributed by atoms with Crippen molar-refractivity contribution in [2.45, 2.75) is 51.5 Å². The molecule has 1 N–H and O–H groups in total. The maximum atomic E-state index is 11.3. The van der Waals surface area contributed by atoms with Gasteiger partial charge in [-0.1, -0.05) is 13.3 Å². The minimum atomic E-state index is 0.202. The summed E-state index contributed by atoms with van der Waals surface area (Å²) in [5, 5.41) is 3.07. The third-order valence-corrected chi connectivity index (χ3v) is 4.11. The standard InChI is InChI=1S/C13H24N2O/c1-2-13(16)14-10-11-6-5-9-15-8-4-3-7-12(11)15/h11-12H,2-10H2,1H3,(H,14,16)/t11-,12-/m1/s1. The van der Waals surface area contributed by atoms with Crippen LogP contribution < -0.4 is 5.32 Å². The van der Waals surface area contributed by atoms with Crippen molar-refractivity contribution in [3.8, 4) is 0 Å². The molecular weight excluding hydrogens is 200 g/mol. The quantitative estimate of drug-likeness (QED) is 0.792. The second kappa shape index (κ2) is 5.67. The summed E-state index contributed by atoms with van der Waals surface area (Å²) >= 11 is 0. The largest absolute Gasteiger partial charge is 0.356 e. The summed E-state index contributed by atoms with van der Waals surface area (Å²) in [6.45, 7) is 5.38. The first-order chi connectivity index (χ1) is 7.81. The third-order valence-electron chi connectivity index (χ3n) is 4.11. The fourth-order valence-corrected chi connectivity index (χ4v) is 3.19. The minimum absolute atomic E-state index is 0.202. The monoisotopic (exact) mass is 224 g/mol. The van der Waals surface area contributed by atoms with E-state index in [4.69, 9.17) is 0 Å². The first kappa shape index (κ1) is 11.9. The Balaban J connectivity index is 1.85. The molecule has 0 saturated carbocycles. The van der Waals surface area contributed by atoms with Crippen LogP contribution in [0.2, 0.25) is 0 Å². The number of piperidine rings is 2. The molecular formula is C13H24N2O. The van der Waals surface area contributed by atoms with Crippen molar-refractivity contribution in [1.29, 1.82) is 0 Å². The summed E-state index contributed by atoms with van der Waals surface area (Å²) in [5.41, 5.74) is 0. The lowest BCUT2D eigenvalue weighted by atomic mass is 9.83. The number of nitrogens with one attached hydrogen (secondary N) is 1. The van der Waals surface area contributed by atoms with Gasteiger partial charge in [-0.15, -0.1) is 0 Å². The molecule has 2 atom stereocenters. The van der Waals surface area contributed by atoms with Crippen molar-refractivity contribution in [2.75, 3.05) is 19.6 Å². The van der Waals surface area contributed by atoms with Gasteiger partial charge in [0.1, 0.15) is 0 Å². The van der Waals surface area contributed by atoms with Gasteiger partial charge >= 0.3 is 0 Å². The zero-order valence-corrected chi connectivity index (χ0v) is 10.4. The second-order valence-corrected chi connectivity index (χ2v) is 5.16. The Morgan fingerprint density at radius 3 is 2.88 bits per heavy atom. The number of amides is 1. The van der Waals surface area contributed by atoms with E-state index in [0.717, 1.165) is 12.6 Å². The average Bonchev–Trinajstić information content (AvgIpc) is 2.35. The zero-order valence-electron chi connectivity index (χ0n) is 10.4. The van der Waals surface area contributed by atoms with Gasteiger partial charge in [0.2, 0.25) is 5.91 Å². The predicted octanol–water partition coefficient (Wildman–Crippen LogP) is 1.78. The third kappa shape index (κ3) is 2.76. The molecule has 3 nitrogen and oxygen atoms in total. The fraction of sp³-hybridized carbons (Fsp3) is 0.923. The van der Waals surface area contributed by atoms with Gasteiger partial charge in [-0.3, -0.25) is 4.79 Å². The molecule has 2 fully saturated rings. The van der Waals surface area contributed by atoms with Gasteiger partial charge in [0.25, 0.3) is 0 Å². The van der Waals surface area contributed by atoms with E-state index in [-0.39, 0.29) is 5.91 Å². The van der Waals surface area contributed by atoms with Crippen LogP contribution in [-0.4, -0.2) is 36.5 Å². The van der Waals surface area contributed by atoms with Gasteiger partial charge < -0.3 is 10.2 Å². The number of carbonyl (C=O) groups excluding carboxylic acids is 1. The van der Waals surface area contributed by atoms with Gasteiger partial charge in [0.05, 0.1) is 0 Å². The molecule has 0 aromatic rings. The van der Waals surface area contributed by atoms with Crippen molar-refractivity contribution in [1.82, 2.24) is 10.2 Å². The smallest absolute Gasteiger partial charge is 0.219 e.